The monoisotopic (exact) mass is 309 g/mol. The number of aliphatic hydroxyl groups is 1. The van der Waals surface area contributed by atoms with Gasteiger partial charge in [0.15, 0.2) is 0 Å². The lowest BCUT2D eigenvalue weighted by molar-refractivity contribution is -0.0270. The number of sulfonamides is 1. The average molecular weight is 310 g/mol. The summed E-state index contributed by atoms with van der Waals surface area (Å²) in [6.07, 6.45) is 2.17. The van der Waals surface area contributed by atoms with Gasteiger partial charge in [0.1, 0.15) is 0 Å². The Morgan fingerprint density at radius 3 is 2.44 bits per heavy atom. The summed E-state index contributed by atoms with van der Waals surface area (Å²) < 4.78 is 26.3. The van der Waals surface area contributed by atoms with E-state index in [2.05, 4.69) is 4.72 Å². The van der Waals surface area contributed by atoms with Crippen molar-refractivity contribution >= 4 is 33.2 Å². The van der Waals surface area contributed by atoms with E-state index in [0.29, 0.717) is 17.9 Å². The molecule has 18 heavy (non-hydrogen) atoms. The minimum Gasteiger partial charge on any atom is -0.389 e. The van der Waals surface area contributed by atoms with E-state index < -0.39 is 15.6 Å². The third kappa shape index (κ3) is 2.97. The first-order valence-corrected chi connectivity index (χ1v) is 7.73. The molecule has 7 heteroatoms. The molecule has 2 N–H and O–H groups in total. The normalized spacial score (nSPS) is 18.4. The van der Waals surface area contributed by atoms with E-state index in [4.69, 9.17) is 23.2 Å². The number of benzene rings is 1. The van der Waals surface area contributed by atoms with Crippen molar-refractivity contribution in [2.75, 3.05) is 6.54 Å². The van der Waals surface area contributed by atoms with Crippen LogP contribution in [0.5, 0.6) is 0 Å². The Bertz CT molecular complexity index is 555. The molecule has 0 aromatic heterocycles. The van der Waals surface area contributed by atoms with E-state index >= 15 is 0 Å². The molecule has 1 aromatic rings. The van der Waals surface area contributed by atoms with E-state index in [9.17, 15) is 13.5 Å². The largest absolute Gasteiger partial charge is 0.389 e. The molecular formula is C11H13Cl2NO3S. The van der Waals surface area contributed by atoms with E-state index in [1.165, 1.54) is 18.2 Å². The molecule has 0 saturated heterocycles. The smallest absolute Gasteiger partial charge is 0.240 e. The van der Waals surface area contributed by atoms with E-state index in [1.54, 1.807) is 0 Å². The highest BCUT2D eigenvalue weighted by atomic mass is 35.5. The number of nitrogens with one attached hydrogen (secondary N) is 1. The van der Waals surface area contributed by atoms with Crippen molar-refractivity contribution in [3.05, 3.63) is 28.2 Å². The molecule has 2 rings (SSSR count). The standard InChI is InChI=1S/C11H13Cl2NO3S/c12-9-3-2-8(6-10(9)13)18(16,17)14-7-11(15)4-1-5-11/h2-3,6,14-15H,1,4-5,7H2. The molecule has 1 fully saturated rings. The van der Waals surface area contributed by atoms with Crippen molar-refractivity contribution in [2.24, 2.45) is 0 Å². The summed E-state index contributed by atoms with van der Waals surface area (Å²) in [5.74, 6) is 0. The molecule has 100 valence electrons. The van der Waals surface area contributed by atoms with Gasteiger partial charge < -0.3 is 5.11 Å². The first-order chi connectivity index (χ1) is 8.32. The lowest BCUT2D eigenvalue weighted by Crippen LogP contribution is -2.47. The highest BCUT2D eigenvalue weighted by Gasteiger charge is 2.35. The lowest BCUT2D eigenvalue weighted by atomic mass is 9.81. The zero-order chi connectivity index (χ0) is 13.4. The van der Waals surface area contributed by atoms with E-state index in [1.807, 2.05) is 0 Å². The van der Waals surface area contributed by atoms with Crippen LogP contribution in [0.2, 0.25) is 10.0 Å². The second-order valence-electron chi connectivity index (χ2n) is 4.48. The Morgan fingerprint density at radius 1 is 1.28 bits per heavy atom. The Labute approximate surface area is 116 Å². The van der Waals surface area contributed by atoms with Crippen LogP contribution in [-0.2, 0) is 10.0 Å². The Morgan fingerprint density at radius 2 is 1.94 bits per heavy atom. The molecule has 1 saturated carbocycles. The average Bonchev–Trinajstić information content (AvgIpc) is 2.27. The van der Waals surface area contributed by atoms with Gasteiger partial charge in [0.05, 0.1) is 20.5 Å². The quantitative estimate of drug-likeness (QED) is 0.896. The fourth-order valence-corrected chi connectivity index (χ4v) is 3.23. The molecule has 1 aliphatic carbocycles. The topological polar surface area (TPSA) is 66.4 Å². The molecule has 0 atom stereocenters. The van der Waals surface area contributed by atoms with E-state index in [-0.39, 0.29) is 16.5 Å². The molecule has 1 aromatic carbocycles. The summed E-state index contributed by atoms with van der Waals surface area (Å²) in [6.45, 7) is 0.0234. The summed E-state index contributed by atoms with van der Waals surface area (Å²) in [5, 5.41) is 10.3. The van der Waals surface area contributed by atoms with Crippen LogP contribution in [0.25, 0.3) is 0 Å². The number of rotatable bonds is 4. The fraction of sp³-hybridized carbons (Fsp3) is 0.455. The van der Waals surface area contributed by atoms with Crippen molar-refractivity contribution in [1.82, 2.24) is 4.72 Å². The van der Waals surface area contributed by atoms with Crippen LogP contribution in [0.1, 0.15) is 19.3 Å². The first kappa shape index (κ1) is 14.1. The molecule has 0 unspecified atom stereocenters. The maximum Gasteiger partial charge on any atom is 0.240 e. The fourth-order valence-electron chi connectivity index (χ4n) is 1.72. The predicted molar refractivity (Wildman–Crippen MR) is 70.5 cm³/mol. The van der Waals surface area contributed by atoms with Crippen molar-refractivity contribution in [2.45, 2.75) is 29.8 Å². The van der Waals surface area contributed by atoms with Crippen LogP contribution in [-0.4, -0.2) is 25.7 Å². The van der Waals surface area contributed by atoms with Crippen molar-refractivity contribution in [1.29, 1.82) is 0 Å². The molecule has 0 radical (unpaired) electrons. The molecule has 4 nitrogen and oxygen atoms in total. The van der Waals surface area contributed by atoms with Gasteiger partial charge in [-0.2, -0.15) is 0 Å². The Hall–Kier alpha value is -0.330. The zero-order valence-corrected chi connectivity index (χ0v) is 11.8. The van der Waals surface area contributed by atoms with Crippen LogP contribution < -0.4 is 4.72 Å². The third-order valence-electron chi connectivity index (χ3n) is 3.08. The van der Waals surface area contributed by atoms with Gasteiger partial charge in [0.25, 0.3) is 0 Å². The second kappa shape index (κ2) is 4.98. The number of hydrogen-bond acceptors (Lipinski definition) is 3. The first-order valence-electron chi connectivity index (χ1n) is 5.50. The summed E-state index contributed by atoms with van der Waals surface area (Å²) in [6, 6.07) is 4.09. The minimum atomic E-state index is -3.66. The number of halogens is 2. The third-order valence-corrected chi connectivity index (χ3v) is 5.21. The van der Waals surface area contributed by atoms with Gasteiger partial charge in [0.2, 0.25) is 10.0 Å². The van der Waals surface area contributed by atoms with Gasteiger partial charge >= 0.3 is 0 Å². The molecule has 1 aliphatic rings. The highest BCUT2D eigenvalue weighted by molar-refractivity contribution is 7.89. The number of hydrogen-bond donors (Lipinski definition) is 2. The van der Waals surface area contributed by atoms with Gasteiger partial charge in [-0.15, -0.1) is 0 Å². The molecule has 0 heterocycles. The van der Waals surface area contributed by atoms with Crippen LogP contribution in [0.3, 0.4) is 0 Å². The van der Waals surface area contributed by atoms with Crippen LogP contribution >= 0.6 is 23.2 Å². The maximum absolute atomic E-state index is 12.0. The van der Waals surface area contributed by atoms with Crippen molar-refractivity contribution in [3.8, 4) is 0 Å². The summed E-state index contributed by atoms with van der Waals surface area (Å²) >= 11 is 11.5. The van der Waals surface area contributed by atoms with Gasteiger partial charge in [0, 0.05) is 6.54 Å². The van der Waals surface area contributed by atoms with Crippen LogP contribution in [0, 0.1) is 0 Å². The zero-order valence-electron chi connectivity index (χ0n) is 9.49. The Balaban J connectivity index is 2.12. The highest BCUT2D eigenvalue weighted by Crippen LogP contribution is 2.31. The Kier molecular flexibility index (Phi) is 3.90. The lowest BCUT2D eigenvalue weighted by Gasteiger charge is -2.36. The van der Waals surface area contributed by atoms with Gasteiger partial charge in [-0.3, -0.25) is 0 Å². The predicted octanol–water partition coefficient (Wildman–Crippen LogP) is 2.19. The molecule has 0 aliphatic heterocycles. The maximum atomic E-state index is 12.0. The van der Waals surface area contributed by atoms with Gasteiger partial charge in [-0.1, -0.05) is 23.2 Å². The van der Waals surface area contributed by atoms with Crippen molar-refractivity contribution < 1.29 is 13.5 Å². The van der Waals surface area contributed by atoms with Crippen LogP contribution in [0.4, 0.5) is 0 Å². The summed E-state index contributed by atoms with van der Waals surface area (Å²) in [7, 11) is -3.66. The van der Waals surface area contributed by atoms with E-state index in [0.717, 1.165) is 6.42 Å². The molecule has 0 amide bonds. The minimum absolute atomic E-state index is 0.0234. The SMILES string of the molecule is O=S(=O)(NCC1(O)CCC1)c1ccc(Cl)c(Cl)c1. The van der Waals surface area contributed by atoms with Gasteiger partial charge in [-0.25, -0.2) is 13.1 Å². The van der Waals surface area contributed by atoms with Gasteiger partial charge in [-0.05, 0) is 37.5 Å². The molecule has 0 spiro atoms. The van der Waals surface area contributed by atoms with Crippen molar-refractivity contribution in [3.63, 3.8) is 0 Å². The molecular weight excluding hydrogens is 297 g/mol. The van der Waals surface area contributed by atoms with Crippen LogP contribution in [0.15, 0.2) is 23.1 Å². The summed E-state index contributed by atoms with van der Waals surface area (Å²) in [5.41, 5.74) is -0.900. The summed E-state index contributed by atoms with van der Waals surface area (Å²) in [4.78, 5) is 0.0415. The molecule has 0 bridgehead atoms. The second-order valence-corrected chi connectivity index (χ2v) is 7.06.